The summed E-state index contributed by atoms with van der Waals surface area (Å²) in [6, 6.07) is -1.35. The lowest BCUT2D eigenvalue weighted by Crippen LogP contribution is -2.45. The normalized spacial score (nSPS) is 18.2. The van der Waals surface area contributed by atoms with Gasteiger partial charge < -0.3 is 10.4 Å². The maximum absolute atomic E-state index is 11.7. The van der Waals surface area contributed by atoms with Crippen molar-refractivity contribution >= 4 is 21.7 Å². The van der Waals surface area contributed by atoms with Crippen LogP contribution in [0.3, 0.4) is 0 Å². The van der Waals surface area contributed by atoms with E-state index in [1.165, 1.54) is 0 Å². The van der Waals surface area contributed by atoms with Crippen molar-refractivity contribution < 1.29 is 23.1 Å². The molecule has 1 saturated carbocycles. The van der Waals surface area contributed by atoms with Gasteiger partial charge in [0.2, 0.25) is 5.91 Å². The van der Waals surface area contributed by atoms with Crippen LogP contribution in [0, 0.1) is 5.92 Å². The van der Waals surface area contributed by atoms with Crippen LogP contribution in [0.4, 0.5) is 0 Å². The average molecular weight is 263 g/mol. The molecular formula is C10H17NO5S. The van der Waals surface area contributed by atoms with Crippen molar-refractivity contribution in [2.24, 2.45) is 5.92 Å². The summed E-state index contributed by atoms with van der Waals surface area (Å²) in [5.74, 6) is -2.21. The lowest BCUT2D eigenvalue weighted by molar-refractivity contribution is -0.140. The van der Waals surface area contributed by atoms with E-state index >= 15 is 0 Å². The van der Waals surface area contributed by atoms with E-state index in [9.17, 15) is 18.0 Å². The van der Waals surface area contributed by atoms with Crippen LogP contribution in [0.25, 0.3) is 0 Å². The molecule has 0 aromatic carbocycles. The Kier molecular flexibility index (Phi) is 4.50. The Morgan fingerprint density at radius 1 is 1.41 bits per heavy atom. The Hall–Kier alpha value is -1.11. The minimum atomic E-state index is -3.43. The SMILES string of the molecule is CC(=O)NC(CS(=O)(=O)CC1CCC1)C(=O)O. The van der Waals surface area contributed by atoms with Gasteiger partial charge in [-0.05, 0) is 18.8 Å². The lowest BCUT2D eigenvalue weighted by atomic mass is 9.87. The van der Waals surface area contributed by atoms with E-state index in [2.05, 4.69) is 5.32 Å². The predicted octanol–water partition coefficient (Wildman–Crippen LogP) is -0.209. The third-order valence-electron chi connectivity index (χ3n) is 2.81. The van der Waals surface area contributed by atoms with Gasteiger partial charge in [-0.25, -0.2) is 13.2 Å². The number of amides is 1. The molecule has 1 amide bonds. The lowest BCUT2D eigenvalue weighted by Gasteiger charge is -2.25. The summed E-state index contributed by atoms with van der Waals surface area (Å²) in [5, 5.41) is 10.9. The fourth-order valence-electron chi connectivity index (χ4n) is 1.76. The summed E-state index contributed by atoms with van der Waals surface area (Å²) in [7, 11) is -3.43. The first kappa shape index (κ1) is 14.0. The van der Waals surface area contributed by atoms with E-state index < -0.39 is 33.5 Å². The van der Waals surface area contributed by atoms with E-state index in [0.717, 1.165) is 26.2 Å². The van der Waals surface area contributed by atoms with Gasteiger partial charge in [-0.15, -0.1) is 0 Å². The molecule has 0 spiro atoms. The highest BCUT2D eigenvalue weighted by Gasteiger charge is 2.30. The van der Waals surface area contributed by atoms with Gasteiger partial charge in [0.1, 0.15) is 6.04 Å². The Bertz CT molecular complexity index is 399. The molecule has 98 valence electrons. The predicted molar refractivity (Wildman–Crippen MR) is 61.2 cm³/mol. The summed E-state index contributed by atoms with van der Waals surface area (Å²) in [6.07, 6.45) is 2.81. The molecule has 0 heterocycles. The quantitative estimate of drug-likeness (QED) is 0.690. The number of rotatable bonds is 6. The van der Waals surface area contributed by atoms with Crippen LogP contribution in [-0.2, 0) is 19.4 Å². The maximum atomic E-state index is 11.7. The number of hydrogen-bond acceptors (Lipinski definition) is 4. The van der Waals surface area contributed by atoms with Gasteiger partial charge in [0.25, 0.3) is 0 Å². The fraction of sp³-hybridized carbons (Fsp3) is 0.800. The van der Waals surface area contributed by atoms with Crippen LogP contribution >= 0.6 is 0 Å². The highest BCUT2D eigenvalue weighted by atomic mass is 32.2. The molecule has 1 aliphatic rings. The number of hydrogen-bond donors (Lipinski definition) is 2. The fourth-order valence-corrected chi connectivity index (χ4v) is 3.68. The highest BCUT2D eigenvalue weighted by molar-refractivity contribution is 7.91. The Labute approximate surface area is 100 Å². The Morgan fingerprint density at radius 2 is 2.00 bits per heavy atom. The molecule has 1 rings (SSSR count). The zero-order valence-corrected chi connectivity index (χ0v) is 10.5. The molecule has 0 bridgehead atoms. The molecule has 0 aromatic heterocycles. The standard InChI is InChI=1S/C10H17NO5S/c1-7(12)11-9(10(13)14)6-17(15,16)5-8-3-2-4-8/h8-9H,2-6H2,1H3,(H,11,12)(H,13,14). The van der Waals surface area contributed by atoms with Crippen molar-refractivity contribution in [1.29, 1.82) is 0 Å². The van der Waals surface area contributed by atoms with Gasteiger partial charge in [-0.3, -0.25) is 4.79 Å². The summed E-state index contributed by atoms with van der Waals surface area (Å²) in [4.78, 5) is 21.6. The second kappa shape index (κ2) is 5.48. The van der Waals surface area contributed by atoms with E-state index in [-0.39, 0.29) is 11.7 Å². The van der Waals surface area contributed by atoms with Crippen molar-refractivity contribution in [2.75, 3.05) is 11.5 Å². The van der Waals surface area contributed by atoms with E-state index in [1.54, 1.807) is 0 Å². The van der Waals surface area contributed by atoms with Crippen LogP contribution in [-0.4, -0.2) is 42.9 Å². The molecule has 0 aliphatic heterocycles. The zero-order valence-electron chi connectivity index (χ0n) is 9.68. The third-order valence-corrected chi connectivity index (χ3v) is 4.63. The second-order valence-electron chi connectivity index (χ2n) is 4.47. The van der Waals surface area contributed by atoms with Gasteiger partial charge in [-0.2, -0.15) is 0 Å². The maximum Gasteiger partial charge on any atom is 0.327 e. The van der Waals surface area contributed by atoms with Crippen molar-refractivity contribution in [3.63, 3.8) is 0 Å². The second-order valence-corrected chi connectivity index (χ2v) is 6.62. The summed E-state index contributed by atoms with van der Waals surface area (Å²) >= 11 is 0. The van der Waals surface area contributed by atoms with Gasteiger partial charge in [-0.1, -0.05) is 6.42 Å². The number of aliphatic carboxylic acids is 1. The van der Waals surface area contributed by atoms with E-state index in [1.807, 2.05) is 0 Å². The van der Waals surface area contributed by atoms with Crippen LogP contribution in [0.15, 0.2) is 0 Å². The van der Waals surface area contributed by atoms with Crippen LogP contribution < -0.4 is 5.32 Å². The molecule has 0 aromatic rings. The van der Waals surface area contributed by atoms with Gasteiger partial charge >= 0.3 is 5.97 Å². The molecule has 6 nitrogen and oxygen atoms in total. The minimum absolute atomic E-state index is 0.0242. The molecule has 7 heteroatoms. The molecule has 0 saturated heterocycles. The topological polar surface area (TPSA) is 101 Å². The molecule has 1 unspecified atom stereocenters. The number of carboxylic acids is 1. The van der Waals surface area contributed by atoms with Crippen LogP contribution in [0.2, 0.25) is 0 Å². The third kappa shape index (κ3) is 4.72. The molecule has 1 fully saturated rings. The minimum Gasteiger partial charge on any atom is -0.480 e. The number of nitrogens with one attached hydrogen (secondary N) is 1. The Morgan fingerprint density at radius 3 is 2.35 bits per heavy atom. The first-order valence-electron chi connectivity index (χ1n) is 5.50. The van der Waals surface area contributed by atoms with Crippen molar-refractivity contribution in [3.05, 3.63) is 0 Å². The van der Waals surface area contributed by atoms with E-state index in [0.29, 0.717) is 0 Å². The van der Waals surface area contributed by atoms with Gasteiger partial charge in [0.05, 0.1) is 11.5 Å². The van der Waals surface area contributed by atoms with Crippen molar-refractivity contribution in [2.45, 2.75) is 32.2 Å². The molecule has 1 aliphatic carbocycles. The summed E-state index contributed by atoms with van der Waals surface area (Å²) in [6.45, 7) is 1.16. The molecule has 0 radical (unpaired) electrons. The molecular weight excluding hydrogens is 246 g/mol. The Balaban J connectivity index is 2.57. The smallest absolute Gasteiger partial charge is 0.327 e. The van der Waals surface area contributed by atoms with Crippen LogP contribution in [0.5, 0.6) is 0 Å². The van der Waals surface area contributed by atoms with Crippen molar-refractivity contribution in [3.8, 4) is 0 Å². The van der Waals surface area contributed by atoms with Gasteiger partial charge in [0.15, 0.2) is 9.84 Å². The summed E-state index contributed by atoms with van der Waals surface area (Å²) < 4.78 is 23.4. The first-order valence-corrected chi connectivity index (χ1v) is 7.32. The molecule has 1 atom stereocenters. The molecule has 2 N–H and O–H groups in total. The first-order chi connectivity index (χ1) is 7.80. The van der Waals surface area contributed by atoms with E-state index in [4.69, 9.17) is 5.11 Å². The zero-order chi connectivity index (χ0) is 13.1. The average Bonchev–Trinajstić information content (AvgIpc) is 2.09. The van der Waals surface area contributed by atoms with Gasteiger partial charge in [0, 0.05) is 6.92 Å². The number of carbonyl (C=O) groups is 2. The number of sulfone groups is 1. The van der Waals surface area contributed by atoms with Crippen LogP contribution in [0.1, 0.15) is 26.2 Å². The van der Waals surface area contributed by atoms with Crippen molar-refractivity contribution in [1.82, 2.24) is 5.32 Å². The molecule has 17 heavy (non-hydrogen) atoms. The summed E-state index contributed by atoms with van der Waals surface area (Å²) in [5.41, 5.74) is 0. The monoisotopic (exact) mass is 263 g/mol. The number of carboxylic acid groups (broad SMARTS) is 1. The highest BCUT2D eigenvalue weighted by Crippen LogP contribution is 2.27. The number of carbonyl (C=O) groups excluding carboxylic acids is 1. The largest absolute Gasteiger partial charge is 0.480 e.